The molecule has 1 aliphatic heterocycles. The fourth-order valence-electron chi connectivity index (χ4n) is 1.99. The summed E-state index contributed by atoms with van der Waals surface area (Å²) < 4.78 is 0. The summed E-state index contributed by atoms with van der Waals surface area (Å²) in [4.78, 5) is 37.8. The first-order chi connectivity index (χ1) is 9.02. The van der Waals surface area contributed by atoms with Crippen molar-refractivity contribution in [3.63, 3.8) is 0 Å². The Morgan fingerprint density at radius 3 is 2.58 bits per heavy atom. The van der Waals surface area contributed by atoms with E-state index < -0.39 is 5.97 Å². The molecule has 0 saturated carbocycles. The molecular formula is C12H14N2O4S. The summed E-state index contributed by atoms with van der Waals surface area (Å²) in [5.41, 5.74) is 0.573. The number of piperazine rings is 1. The fourth-order valence-corrected chi connectivity index (χ4v) is 2.74. The van der Waals surface area contributed by atoms with E-state index in [1.165, 1.54) is 9.80 Å². The van der Waals surface area contributed by atoms with Gasteiger partial charge in [-0.2, -0.15) is 0 Å². The molecule has 2 rings (SSSR count). The highest BCUT2D eigenvalue weighted by Crippen LogP contribution is 2.19. The van der Waals surface area contributed by atoms with Crippen molar-refractivity contribution in [2.24, 2.45) is 0 Å². The predicted octanol–water partition coefficient (Wildman–Crippen LogP) is 0.637. The minimum atomic E-state index is -1.00. The van der Waals surface area contributed by atoms with Crippen LogP contribution >= 0.6 is 11.3 Å². The maximum absolute atomic E-state index is 11.9. The lowest BCUT2D eigenvalue weighted by Gasteiger charge is -2.33. The molecule has 0 bridgehead atoms. The van der Waals surface area contributed by atoms with Gasteiger partial charge in [-0.3, -0.25) is 9.59 Å². The Morgan fingerprint density at radius 2 is 1.95 bits per heavy atom. The van der Waals surface area contributed by atoms with Crippen LogP contribution < -0.4 is 0 Å². The molecule has 0 atom stereocenters. The van der Waals surface area contributed by atoms with Crippen molar-refractivity contribution in [2.45, 2.75) is 13.5 Å². The lowest BCUT2D eigenvalue weighted by atomic mass is 10.2. The first-order valence-corrected chi connectivity index (χ1v) is 6.76. The van der Waals surface area contributed by atoms with Crippen LogP contribution in [0.15, 0.2) is 11.4 Å². The van der Waals surface area contributed by atoms with Gasteiger partial charge in [0.15, 0.2) is 0 Å². The molecule has 0 aliphatic carbocycles. The number of aromatic carboxylic acids is 1. The second-order valence-electron chi connectivity index (χ2n) is 4.24. The number of likely N-dealkylation sites (N-methyl/N-ethyl adjacent to an activating group) is 1. The number of hydrogen-bond donors (Lipinski definition) is 1. The summed E-state index contributed by atoms with van der Waals surface area (Å²) in [5.74, 6) is -1.26. The van der Waals surface area contributed by atoms with Gasteiger partial charge >= 0.3 is 5.97 Å². The van der Waals surface area contributed by atoms with Gasteiger partial charge in [0.25, 0.3) is 0 Å². The van der Waals surface area contributed by atoms with Crippen LogP contribution in [-0.2, 0) is 16.1 Å². The number of carboxylic acid groups (broad SMARTS) is 1. The Morgan fingerprint density at radius 1 is 1.32 bits per heavy atom. The minimum Gasteiger partial charge on any atom is -0.477 e. The van der Waals surface area contributed by atoms with Crippen molar-refractivity contribution in [1.82, 2.24) is 9.80 Å². The molecule has 0 spiro atoms. The van der Waals surface area contributed by atoms with Gasteiger partial charge in [0, 0.05) is 13.1 Å². The molecule has 1 fully saturated rings. The molecule has 6 nitrogen and oxygen atoms in total. The molecule has 2 amide bonds. The SMILES string of the molecule is CCN1CC(=O)N(Cc2ccsc2C(=O)O)CC1=O. The topological polar surface area (TPSA) is 77.9 Å². The number of amides is 2. The monoisotopic (exact) mass is 282 g/mol. The van der Waals surface area contributed by atoms with Gasteiger partial charge in [0.2, 0.25) is 11.8 Å². The number of carbonyl (C=O) groups is 3. The van der Waals surface area contributed by atoms with Crippen molar-refractivity contribution < 1.29 is 19.5 Å². The second-order valence-corrected chi connectivity index (χ2v) is 5.15. The van der Waals surface area contributed by atoms with E-state index in [9.17, 15) is 14.4 Å². The van der Waals surface area contributed by atoms with Crippen LogP contribution in [0.25, 0.3) is 0 Å². The Bertz CT molecular complexity index is 526. The zero-order valence-corrected chi connectivity index (χ0v) is 11.3. The lowest BCUT2D eigenvalue weighted by molar-refractivity contribution is -0.150. The minimum absolute atomic E-state index is 0.0155. The van der Waals surface area contributed by atoms with Crippen LogP contribution in [0.3, 0.4) is 0 Å². The van der Waals surface area contributed by atoms with Gasteiger partial charge in [0.1, 0.15) is 11.4 Å². The molecule has 2 heterocycles. The van der Waals surface area contributed by atoms with E-state index >= 15 is 0 Å². The number of carboxylic acids is 1. The summed E-state index contributed by atoms with van der Waals surface area (Å²) in [6.45, 7) is 2.59. The van der Waals surface area contributed by atoms with Gasteiger partial charge in [-0.1, -0.05) is 0 Å². The highest BCUT2D eigenvalue weighted by molar-refractivity contribution is 7.12. The van der Waals surface area contributed by atoms with Crippen molar-refractivity contribution in [3.05, 3.63) is 21.9 Å². The molecular weight excluding hydrogens is 268 g/mol. The van der Waals surface area contributed by atoms with E-state index in [2.05, 4.69) is 0 Å². The van der Waals surface area contributed by atoms with Crippen molar-refractivity contribution in [1.29, 1.82) is 0 Å². The van der Waals surface area contributed by atoms with Gasteiger partial charge < -0.3 is 14.9 Å². The third kappa shape index (κ3) is 2.76. The Kier molecular flexibility index (Phi) is 3.84. The molecule has 0 unspecified atom stereocenters. The third-order valence-electron chi connectivity index (χ3n) is 3.04. The molecule has 1 N–H and O–H groups in total. The van der Waals surface area contributed by atoms with E-state index in [-0.39, 0.29) is 36.3 Å². The fraction of sp³-hybridized carbons (Fsp3) is 0.417. The van der Waals surface area contributed by atoms with Gasteiger partial charge in [0.05, 0.1) is 6.54 Å². The van der Waals surface area contributed by atoms with Crippen molar-refractivity contribution in [2.75, 3.05) is 19.6 Å². The summed E-state index contributed by atoms with van der Waals surface area (Å²) in [6, 6.07) is 1.68. The molecule has 1 saturated heterocycles. The summed E-state index contributed by atoms with van der Waals surface area (Å²) in [6.07, 6.45) is 0. The van der Waals surface area contributed by atoms with Crippen LogP contribution in [0.2, 0.25) is 0 Å². The van der Waals surface area contributed by atoms with Gasteiger partial charge in [-0.05, 0) is 23.9 Å². The van der Waals surface area contributed by atoms with Crippen LogP contribution in [0.5, 0.6) is 0 Å². The first kappa shape index (κ1) is 13.5. The van der Waals surface area contributed by atoms with Gasteiger partial charge in [-0.25, -0.2) is 4.79 Å². The largest absolute Gasteiger partial charge is 0.477 e. The van der Waals surface area contributed by atoms with E-state index in [0.717, 1.165) is 11.3 Å². The summed E-state index contributed by atoms with van der Waals surface area (Å²) in [5, 5.41) is 10.7. The normalized spacial score (nSPS) is 16.1. The first-order valence-electron chi connectivity index (χ1n) is 5.88. The average Bonchev–Trinajstić information content (AvgIpc) is 2.81. The Balaban J connectivity index is 2.11. The molecule has 102 valence electrons. The number of nitrogens with zero attached hydrogens (tertiary/aromatic N) is 2. The quantitative estimate of drug-likeness (QED) is 0.879. The van der Waals surface area contributed by atoms with Crippen LogP contribution in [0, 0.1) is 0 Å². The van der Waals surface area contributed by atoms with Crippen LogP contribution in [0.1, 0.15) is 22.2 Å². The van der Waals surface area contributed by atoms with Crippen molar-refractivity contribution >= 4 is 29.1 Å². The molecule has 7 heteroatoms. The molecule has 0 radical (unpaired) electrons. The van der Waals surface area contributed by atoms with Gasteiger partial charge in [-0.15, -0.1) is 11.3 Å². The van der Waals surface area contributed by atoms with E-state index in [0.29, 0.717) is 12.1 Å². The number of rotatable bonds is 4. The predicted molar refractivity (Wildman–Crippen MR) is 68.9 cm³/mol. The Hall–Kier alpha value is -1.89. The van der Waals surface area contributed by atoms with Crippen molar-refractivity contribution in [3.8, 4) is 0 Å². The molecule has 0 aromatic carbocycles. The second kappa shape index (κ2) is 5.40. The third-order valence-corrected chi connectivity index (χ3v) is 3.99. The molecule has 1 aromatic rings. The van der Waals surface area contributed by atoms with E-state index in [4.69, 9.17) is 5.11 Å². The molecule has 1 aromatic heterocycles. The van der Waals surface area contributed by atoms with E-state index in [1.54, 1.807) is 11.4 Å². The maximum Gasteiger partial charge on any atom is 0.346 e. The average molecular weight is 282 g/mol. The molecule has 19 heavy (non-hydrogen) atoms. The summed E-state index contributed by atoms with van der Waals surface area (Å²) >= 11 is 1.12. The number of hydrogen-bond acceptors (Lipinski definition) is 4. The maximum atomic E-state index is 11.9. The highest BCUT2D eigenvalue weighted by Gasteiger charge is 2.29. The number of thiophene rings is 1. The standard InChI is InChI=1S/C12H14N2O4S/c1-2-13-6-10(16)14(7-9(13)15)5-8-3-4-19-11(8)12(17)18/h3-4H,2,5-7H2,1H3,(H,17,18). The van der Waals surface area contributed by atoms with Crippen LogP contribution in [0.4, 0.5) is 0 Å². The van der Waals surface area contributed by atoms with Crippen LogP contribution in [-0.4, -0.2) is 52.3 Å². The van der Waals surface area contributed by atoms with E-state index in [1.807, 2.05) is 6.92 Å². The lowest BCUT2D eigenvalue weighted by Crippen LogP contribution is -2.53. The zero-order chi connectivity index (χ0) is 14.0. The smallest absolute Gasteiger partial charge is 0.346 e. The summed E-state index contributed by atoms with van der Waals surface area (Å²) in [7, 11) is 0. The zero-order valence-electron chi connectivity index (χ0n) is 10.5. The Labute approximate surface area is 114 Å². The highest BCUT2D eigenvalue weighted by atomic mass is 32.1. The number of carbonyl (C=O) groups excluding carboxylic acids is 2. The molecule has 1 aliphatic rings.